The van der Waals surface area contributed by atoms with Gasteiger partial charge in [-0.1, -0.05) is 66.6 Å². The second kappa shape index (κ2) is 18.2. The van der Waals surface area contributed by atoms with E-state index in [1.54, 1.807) is 0 Å². The number of unbranched alkanes of at least 4 members (excludes halogenated alkanes) is 1. The van der Waals surface area contributed by atoms with Gasteiger partial charge >= 0.3 is 61.8 Å². The van der Waals surface area contributed by atoms with Gasteiger partial charge in [0.05, 0.1) is 0 Å². The summed E-state index contributed by atoms with van der Waals surface area (Å²) in [5.41, 5.74) is 12.9. The van der Waals surface area contributed by atoms with Gasteiger partial charge in [-0.3, -0.25) is 11.8 Å². The van der Waals surface area contributed by atoms with E-state index in [2.05, 4.69) is 72.5 Å². The molecule has 8 heteroatoms. The maximum atomic E-state index is 11.5. The third-order valence-corrected chi connectivity index (χ3v) is 8.65. The van der Waals surface area contributed by atoms with Crippen LogP contribution in [-0.4, -0.2) is 12.3 Å². The van der Waals surface area contributed by atoms with Crippen LogP contribution in [0.15, 0.2) is 84.0 Å². The maximum absolute atomic E-state index is 11.5. The predicted molar refractivity (Wildman–Crippen MR) is 162 cm³/mol. The summed E-state index contributed by atoms with van der Waals surface area (Å²) in [6.07, 6.45) is 20.9. The van der Waals surface area contributed by atoms with E-state index >= 15 is 0 Å². The Morgan fingerprint density at radius 3 is 1.81 bits per heavy atom. The van der Waals surface area contributed by atoms with Crippen LogP contribution in [0, 0.1) is 24.7 Å². The monoisotopic (exact) mass is 970 g/mol. The van der Waals surface area contributed by atoms with Gasteiger partial charge in [0.2, 0.25) is 0 Å². The third kappa shape index (κ3) is 9.93. The Labute approximate surface area is 280 Å². The standard InChI is InChI=1S/C15H11.C15H9.C4H8F4P2.2Au/c2*1-2-11-7-8-13-10-12-5-3-4-6-14(12)15(13)9-11;5-9(6)3-1-2-4-10(7)8;;/h3-6,9H,7-8,10H2;3-9H,10H2;1-4H2;;/q2*-1;;2*+1/p+2. The molecule has 0 nitrogen and oxygen atoms in total. The molecule has 42 heavy (non-hydrogen) atoms. The molecule has 0 atom stereocenters. The average molecular weight is 970 g/mol. The number of fused-ring (bicyclic) bond motifs is 5. The molecule has 3 aliphatic rings. The number of rotatable bonds is 5. The Hall–Kier alpha value is -1.68. The molecule has 0 heterocycles. The summed E-state index contributed by atoms with van der Waals surface area (Å²) >= 11 is 0. The van der Waals surface area contributed by atoms with Gasteiger partial charge in [0.15, 0.2) is 0 Å². The first-order chi connectivity index (χ1) is 19.4. The summed E-state index contributed by atoms with van der Waals surface area (Å²) in [6.45, 7) is 0. The molecule has 0 aromatic heterocycles. The van der Waals surface area contributed by atoms with Crippen molar-refractivity contribution in [2.75, 3.05) is 12.3 Å². The molecule has 0 fully saturated rings. The van der Waals surface area contributed by atoms with Crippen LogP contribution in [0.2, 0.25) is 0 Å². The van der Waals surface area contributed by atoms with E-state index in [1.165, 1.54) is 44.5 Å². The van der Waals surface area contributed by atoms with Crippen LogP contribution in [0.25, 0.3) is 16.7 Å². The van der Waals surface area contributed by atoms with Crippen LogP contribution in [0.1, 0.15) is 53.5 Å². The van der Waals surface area contributed by atoms with Crippen molar-refractivity contribution in [1.29, 1.82) is 0 Å². The summed E-state index contributed by atoms with van der Waals surface area (Å²) in [6, 6.07) is 23.1. The quantitative estimate of drug-likeness (QED) is 0.0467. The fraction of sp³-hybridized carbons (Fsp3) is 0.235. The normalized spacial score (nSPS) is 13.3. The van der Waals surface area contributed by atoms with Crippen molar-refractivity contribution >= 4 is 22.7 Å². The van der Waals surface area contributed by atoms with Gasteiger partial charge in [-0.15, -0.1) is 29.3 Å². The van der Waals surface area contributed by atoms with Crippen molar-refractivity contribution in [3.8, 4) is 23.0 Å². The molecule has 0 aliphatic heterocycles. The van der Waals surface area contributed by atoms with Crippen molar-refractivity contribution in [1.82, 2.24) is 0 Å². The molecule has 0 unspecified atom stereocenters. The van der Waals surface area contributed by atoms with E-state index < -0.39 is 17.1 Å². The Morgan fingerprint density at radius 1 is 0.643 bits per heavy atom. The maximum Gasteiger partial charge on any atom is 1.00 e. The minimum Gasteiger partial charge on any atom is -0.366 e. The molecular weight excluding hydrogens is 940 g/mol. The summed E-state index contributed by atoms with van der Waals surface area (Å²) < 4.78 is 45.9. The van der Waals surface area contributed by atoms with Crippen LogP contribution in [0.5, 0.6) is 0 Å². The minimum atomic E-state index is -3.17. The van der Waals surface area contributed by atoms with E-state index in [-0.39, 0.29) is 69.9 Å². The van der Waals surface area contributed by atoms with Crippen LogP contribution in [-0.2, 0) is 57.6 Å². The molecule has 6 rings (SSSR count). The Bertz CT molecular complexity index is 1490. The summed E-state index contributed by atoms with van der Waals surface area (Å²) in [7, 11) is -6.33. The van der Waals surface area contributed by atoms with Crippen molar-refractivity contribution in [2.45, 2.75) is 38.5 Å². The zero-order chi connectivity index (χ0) is 28.5. The first-order valence-corrected chi connectivity index (χ1v) is 16.2. The third-order valence-electron chi connectivity index (χ3n) is 7.19. The average Bonchev–Trinajstić information content (AvgIpc) is 3.53. The molecular formula is C34H30Au2F4P2+2. The second-order valence-electron chi connectivity index (χ2n) is 9.86. The molecule has 3 aromatic carbocycles. The van der Waals surface area contributed by atoms with E-state index in [0.29, 0.717) is 0 Å². The molecule has 3 aromatic rings. The first kappa shape index (κ1) is 36.5. The fourth-order valence-corrected chi connectivity index (χ4v) is 6.24. The minimum absolute atomic E-state index is 0. The van der Waals surface area contributed by atoms with Crippen LogP contribution in [0.4, 0.5) is 16.8 Å². The van der Waals surface area contributed by atoms with Gasteiger partial charge in [0, 0.05) is 0 Å². The number of benzene rings is 3. The van der Waals surface area contributed by atoms with Crippen molar-refractivity contribution in [3.63, 3.8) is 0 Å². The molecule has 0 radical (unpaired) electrons. The Balaban J connectivity index is 0.000000221. The van der Waals surface area contributed by atoms with Crippen LogP contribution < -0.4 is 0 Å². The van der Waals surface area contributed by atoms with E-state index in [1.807, 2.05) is 12.1 Å². The van der Waals surface area contributed by atoms with Crippen LogP contribution >= 0.6 is 17.1 Å². The smallest absolute Gasteiger partial charge is 0.366 e. The molecule has 0 N–H and O–H groups in total. The molecule has 0 saturated carbocycles. The molecule has 0 amide bonds. The van der Waals surface area contributed by atoms with Crippen LogP contribution in [0.3, 0.4) is 0 Å². The second-order valence-corrected chi connectivity index (χ2v) is 12.2. The zero-order valence-corrected chi connectivity index (χ0v) is 29.0. The predicted octanol–water partition coefficient (Wildman–Crippen LogP) is 10.2. The molecule has 0 bridgehead atoms. The Morgan fingerprint density at radius 2 is 1.21 bits per heavy atom. The summed E-state index contributed by atoms with van der Waals surface area (Å²) in [4.78, 5) is 0. The van der Waals surface area contributed by atoms with Crippen molar-refractivity contribution < 1.29 is 61.5 Å². The number of hydrogen-bond acceptors (Lipinski definition) is 0. The first-order valence-electron chi connectivity index (χ1n) is 13.3. The van der Waals surface area contributed by atoms with Gasteiger partial charge < -0.3 is 12.8 Å². The van der Waals surface area contributed by atoms with Gasteiger partial charge in [-0.25, -0.2) is 0 Å². The molecule has 0 spiro atoms. The SMILES string of the molecule is F[PH+](F)CCCC[PH+](F)F.[Au+].[Au+].[C-]#CC1=CC2=C(CC1)Cc1ccccc12.[C-]#Cc1ccc2c(c1)-c1ccccc1C2. The molecule has 0 saturated heterocycles. The summed E-state index contributed by atoms with van der Waals surface area (Å²) in [5, 5.41) is 0. The van der Waals surface area contributed by atoms with E-state index in [0.717, 1.165) is 36.8 Å². The summed E-state index contributed by atoms with van der Waals surface area (Å²) in [5.74, 6) is 4.96. The van der Waals surface area contributed by atoms with Crippen molar-refractivity contribution in [2.24, 2.45) is 0 Å². The van der Waals surface area contributed by atoms with Gasteiger partial charge in [0.25, 0.3) is 0 Å². The fourth-order valence-electron chi connectivity index (χ4n) is 5.20. The molecule has 3 aliphatic carbocycles. The number of halogens is 4. The van der Waals surface area contributed by atoms with Gasteiger partial charge in [-0.2, -0.15) is 0 Å². The molecule has 224 valence electrons. The largest absolute Gasteiger partial charge is 1.00 e. The van der Waals surface area contributed by atoms with Gasteiger partial charge in [0.1, 0.15) is 12.3 Å². The van der Waals surface area contributed by atoms with E-state index in [9.17, 15) is 16.8 Å². The van der Waals surface area contributed by atoms with E-state index in [4.69, 9.17) is 12.8 Å². The zero-order valence-electron chi connectivity index (χ0n) is 22.7. The van der Waals surface area contributed by atoms with Crippen molar-refractivity contribution in [3.05, 3.63) is 125 Å². The topological polar surface area (TPSA) is 0 Å². The number of allylic oxidation sites excluding steroid dienone is 4. The number of hydrogen-bond donors (Lipinski definition) is 0. The Kier molecular flexibility index (Phi) is 15.8. The van der Waals surface area contributed by atoms with Gasteiger partial charge in [-0.05, 0) is 87.8 Å².